The number of urea groups is 1. The molecule has 4 aromatic rings. The van der Waals surface area contributed by atoms with Gasteiger partial charge in [-0.15, -0.1) is 0 Å². The van der Waals surface area contributed by atoms with Crippen LogP contribution in [0.3, 0.4) is 0 Å². The average Bonchev–Trinajstić information content (AvgIpc) is 2.84. The number of nitrogens with zero attached hydrogens (tertiary/aromatic N) is 2. The van der Waals surface area contributed by atoms with Crippen molar-refractivity contribution in [3.63, 3.8) is 0 Å². The summed E-state index contributed by atoms with van der Waals surface area (Å²) in [5, 5.41) is 13.3. The average molecular weight is 519 g/mol. The first kappa shape index (κ1) is 25.0. The van der Waals surface area contributed by atoms with Gasteiger partial charge in [0, 0.05) is 17.4 Å². The summed E-state index contributed by atoms with van der Waals surface area (Å²) in [5.41, 5.74) is 0.450. The normalized spacial score (nSPS) is 11.2. The molecule has 2 amide bonds. The van der Waals surface area contributed by atoms with Crippen LogP contribution >= 0.6 is 11.6 Å². The number of hydrogen-bond acceptors (Lipinski definition) is 6. The molecule has 0 fully saturated rings. The van der Waals surface area contributed by atoms with Crippen molar-refractivity contribution in [2.75, 3.05) is 23.8 Å². The fourth-order valence-electron chi connectivity index (χ4n) is 3.11. The molecule has 0 aliphatic carbocycles. The fourth-order valence-corrected chi connectivity index (χ4v) is 3.34. The highest BCUT2D eigenvalue weighted by atomic mass is 35.5. The van der Waals surface area contributed by atoms with Gasteiger partial charge in [0.05, 0.1) is 34.4 Å². The minimum atomic E-state index is -4.64. The number of benzene rings is 3. The van der Waals surface area contributed by atoms with E-state index in [1.54, 1.807) is 42.5 Å². The van der Waals surface area contributed by atoms with Crippen LogP contribution in [0.5, 0.6) is 17.4 Å². The van der Waals surface area contributed by atoms with Gasteiger partial charge >= 0.3 is 12.2 Å². The zero-order chi connectivity index (χ0) is 25.7. The first-order chi connectivity index (χ1) is 17.2. The van der Waals surface area contributed by atoms with Gasteiger partial charge in [-0.3, -0.25) is 0 Å². The Kier molecular flexibility index (Phi) is 7.41. The lowest BCUT2D eigenvalue weighted by Crippen LogP contribution is -2.19. The fraction of sp³-hybridized carbons (Fsp3) is 0.125. The second-order valence-corrected chi connectivity index (χ2v) is 7.74. The third-order valence-electron chi connectivity index (χ3n) is 4.71. The van der Waals surface area contributed by atoms with Crippen molar-refractivity contribution in [2.45, 2.75) is 6.18 Å². The van der Waals surface area contributed by atoms with Crippen molar-refractivity contribution in [2.24, 2.45) is 0 Å². The Bertz CT molecular complexity index is 1380. The number of anilines is 2. The maximum Gasteiger partial charge on any atom is 0.417 e. The number of aliphatic hydroxyl groups is 1. The van der Waals surface area contributed by atoms with Crippen LogP contribution in [0, 0.1) is 0 Å². The van der Waals surface area contributed by atoms with Crippen molar-refractivity contribution in [1.29, 1.82) is 0 Å². The highest BCUT2D eigenvalue weighted by Gasteiger charge is 2.33. The number of alkyl halides is 3. The number of fused-ring (bicyclic) bond motifs is 1. The highest BCUT2D eigenvalue weighted by molar-refractivity contribution is 6.31. The summed E-state index contributed by atoms with van der Waals surface area (Å²) in [6.45, 7) is -0.0431. The van der Waals surface area contributed by atoms with E-state index in [2.05, 4.69) is 20.6 Å². The molecule has 0 bridgehead atoms. The molecule has 4 rings (SSSR count). The summed E-state index contributed by atoms with van der Waals surface area (Å²) < 4.78 is 50.1. The minimum absolute atomic E-state index is 0.0616. The molecule has 1 aromatic heterocycles. The molecule has 0 saturated heterocycles. The molecule has 186 valence electrons. The minimum Gasteiger partial charge on any atom is -0.474 e. The zero-order valence-corrected chi connectivity index (χ0v) is 19.1. The SMILES string of the molecule is O=C(Nc1ccc(Oc2ccc3ncc(OCCO)nc3c2)cc1)Nc1ccc(Cl)c(C(F)(F)F)c1. The summed E-state index contributed by atoms with van der Waals surface area (Å²) in [6, 6.07) is 13.8. The second kappa shape index (κ2) is 10.7. The van der Waals surface area contributed by atoms with Gasteiger partial charge in [0.1, 0.15) is 18.1 Å². The number of carbonyl (C=O) groups excluding carboxylic acids is 1. The quantitative estimate of drug-likeness (QED) is 0.272. The molecule has 0 spiro atoms. The molecule has 8 nitrogen and oxygen atoms in total. The van der Waals surface area contributed by atoms with Crippen molar-refractivity contribution in [1.82, 2.24) is 9.97 Å². The monoisotopic (exact) mass is 518 g/mol. The van der Waals surface area contributed by atoms with Gasteiger partial charge < -0.3 is 25.2 Å². The van der Waals surface area contributed by atoms with E-state index in [4.69, 9.17) is 26.2 Å². The van der Waals surface area contributed by atoms with Crippen LogP contribution < -0.4 is 20.1 Å². The van der Waals surface area contributed by atoms with Gasteiger partial charge in [0.2, 0.25) is 5.88 Å². The number of aromatic nitrogens is 2. The van der Waals surface area contributed by atoms with Crippen LogP contribution in [0.2, 0.25) is 5.02 Å². The third kappa shape index (κ3) is 6.32. The molecule has 3 aromatic carbocycles. The first-order valence-corrected chi connectivity index (χ1v) is 10.8. The third-order valence-corrected chi connectivity index (χ3v) is 5.04. The van der Waals surface area contributed by atoms with Gasteiger partial charge in [-0.25, -0.2) is 14.8 Å². The van der Waals surface area contributed by atoms with E-state index in [0.717, 1.165) is 12.1 Å². The van der Waals surface area contributed by atoms with Crippen molar-refractivity contribution < 1.29 is 32.5 Å². The van der Waals surface area contributed by atoms with Crippen molar-refractivity contribution >= 4 is 40.0 Å². The number of aliphatic hydroxyl groups excluding tert-OH is 1. The molecule has 0 atom stereocenters. The van der Waals surface area contributed by atoms with E-state index in [9.17, 15) is 18.0 Å². The van der Waals surface area contributed by atoms with Gasteiger partial charge in [-0.2, -0.15) is 13.2 Å². The van der Waals surface area contributed by atoms with Crippen LogP contribution in [-0.4, -0.2) is 34.3 Å². The Morgan fingerprint density at radius 1 is 0.944 bits per heavy atom. The number of rotatable bonds is 7. The summed E-state index contributed by atoms with van der Waals surface area (Å²) in [7, 11) is 0. The number of amides is 2. The summed E-state index contributed by atoms with van der Waals surface area (Å²) >= 11 is 5.59. The Hall–Kier alpha value is -4.09. The molecule has 3 N–H and O–H groups in total. The molecule has 1 heterocycles. The molecule has 0 unspecified atom stereocenters. The summed E-state index contributed by atoms with van der Waals surface area (Å²) in [5.74, 6) is 1.22. The predicted molar refractivity (Wildman–Crippen MR) is 128 cm³/mol. The van der Waals surface area contributed by atoms with E-state index in [1.807, 2.05) is 0 Å². The lowest BCUT2D eigenvalue weighted by atomic mass is 10.2. The zero-order valence-electron chi connectivity index (χ0n) is 18.3. The van der Waals surface area contributed by atoms with E-state index in [0.29, 0.717) is 28.2 Å². The molecular weight excluding hydrogens is 501 g/mol. The van der Waals surface area contributed by atoms with Crippen LogP contribution in [0.15, 0.2) is 66.9 Å². The van der Waals surface area contributed by atoms with Gasteiger partial charge in [0.15, 0.2) is 0 Å². The predicted octanol–water partition coefficient (Wildman–Crippen LogP) is 6.11. The molecule has 0 saturated carbocycles. The van der Waals surface area contributed by atoms with Crippen molar-refractivity contribution in [3.8, 4) is 17.4 Å². The van der Waals surface area contributed by atoms with E-state index in [-0.39, 0.29) is 24.8 Å². The second-order valence-electron chi connectivity index (χ2n) is 7.33. The van der Waals surface area contributed by atoms with Crippen LogP contribution in [0.4, 0.5) is 29.3 Å². The number of ether oxygens (including phenoxy) is 2. The van der Waals surface area contributed by atoms with Gasteiger partial charge in [-0.1, -0.05) is 11.6 Å². The topological polar surface area (TPSA) is 106 Å². The van der Waals surface area contributed by atoms with E-state index < -0.39 is 22.8 Å². The highest BCUT2D eigenvalue weighted by Crippen LogP contribution is 2.36. The smallest absolute Gasteiger partial charge is 0.417 e. The molecular formula is C24H18ClF3N4O4. The van der Waals surface area contributed by atoms with Crippen molar-refractivity contribution in [3.05, 3.63) is 77.4 Å². The Morgan fingerprint density at radius 3 is 2.36 bits per heavy atom. The summed E-state index contributed by atoms with van der Waals surface area (Å²) in [4.78, 5) is 20.8. The molecule has 0 aliphatic rings. The summed E-state index contributed by atoms with van der Waals surface area (Å²) in [6.07, 6.45) is -3.18. The molecule has 0 aliphatic heterocycles. The largest absolute Gasteiger partial charge is 0.474 e. The number of halogens is 4. The van der Waals surface area contributed by atoms with E-state index >= 15 is 0 Å². The lowest BCUT2D eigenvalue weighted by molar-refractivity contribution is -0.137. The van der Waals surface area contributed by atoms with Crippen LogP contribution in [0.25, 0.3) is 11.0 Å². The maximum atomic E-state index is 13.0. The van der Waals surface area contributed by atoms with Crippen LogP contribution in [0.1, 0.15) is 5.56 Å². The first-order valence-electron chi connectivity index (χ1n) is 10.4. The van der Waals surface area contributed by atoms with Gasteiger partial charge in [-0.05, 0) is 54.6 Å². The molecule has 12 heteroatoms. The van der Waals surface area contributed by atoms with E-state index in [1.165, 1.54) is 12.3 Å². The lowest BCUT2D eigenvalue weighted by Gasteiger charge is -2.12. The molecule has 0 radical (unpaired) electrons. The van der Waals surface area contributed by atoms with Crippen LogP contribution in [-0.2, 0) is 6.18 Å². The number of nitrogens with one attached hydrogen (secondary N) is 2. The Morgan fingerprint density at radius 2 is 1.64 bits per heavy atom. The Labute approximate surface area is 207 Å². The number of hydrogen-bond donors (Lipinski definition) is 3. The Balaban J connectivity index is 1.39. The maximum absolute atomic E-state index is 13.0. The standard InChI is InChI=1S/C24H18ClF3N4O4/c25-19-7-3-15(11-18(19)24(26,27)28)31-23(34)30-14-1-4-16(5-2-14)36-17-6-8-20-21(12-17)32-22(13-29-20)35-10-9-33/h1-8,11-13,33H,9-10H2,(H2,30,31,34). The molecule has 36 heavy (non-hydrogen) atoms. The van der Waals surface area contributed by atoms with Gasteiger partial charge in [0.25, 0.3) is 0 Å². The number of carbonyl (C=O) groups is 1.